The van der Waals surface area contributed by atoms with Crippen LogP contribution < -0.4 is 10.6 Å². The zero-order chi connectivity index (χ0) is 19.6. The van der Waals surface area contributed by atoms with Crippen LogP contribution in [0, 0.1) is 5.92 Å². The lowest BCUT2D eigenvalue weighted by molar-refractivity contribution is -0.122. The minimum absolute atomic E-state index is 0.102. The van der Waals surface area contributed by atoms with Crippen molar-refractivity contribution in [1.29, 1.82) is 0 Å². The summed E-state index contributed by atoms with van der Waals surface area (Å²) in [6.45, 7) is 8.08. The van der Waals surface area contributed by atoms with Gasteiger partial charge in [-0.3, -0.25) is 4.79 Å². The zero-order valence-electron chi connectivity index (χ0n) is 15.8. The van der Waals surface area contributed by atoms with E-state index in [0.717, 1.165) is 32.1 Å². The number of ether oxygens (including phenoxy) is 1. The number of nitrogens with one attached hydrogen (secondary N) is 2. The van der Waals surface area contributed by atoms with Gasteiger partial charge in [0.15, 0.2) is 0 Å². The Morgan fingerprint density at radius 3 is 2.65 bits per heavy atom. The van der Waals surface area contributed by atoms with Gasteiger partial charge in [0, 0.05) is 11.5 Å². The second kappa shape index (κ2) is 16.0. The fraction of sp³-hybridized carbons (Fsp3) is 0.667. The van der Waals surface area contributed by atoms with Crippen LogP contribution in [-0.2, 0) is 9.53 Å². The number of amides is 2. The Kier molecular flexibility index (Phi) is 14.5. The molecule has 0 aromatic heterocycles. The molecular weight excluding hydrogens is 334 g/mol. The predicted octanol–water partition coefficient (Wildman–Crippen LogP) is 4.20. The summed E-state index contributed by atoms with van der Waals surface area (Å²) in [4.78, 5) is 26.6. The molecule has 0 aliphatic heterocycles. The third-order valence-corrected chi connectivity index (χ3v) is 3.43. The summed E-state index contributed by atoms with van der Waals surface area (Å²) in [5.74, 6) is -0.0142. The SMILES string of the molecule is C=CCOC(=O)N[C@@H](CC(C)C)C(=O)NC=CCCCCCCN=[N+]=[N-]. The number of nitrogens with zero attached hydrogens (tertiary/aromatic N) is 3. The summed E-state index contributed by atoms with van der Waals surface area (Å²) >= 11 is 0. The van der Waals surface area contributed by atoms with Crippen LogP contribution in [0.4, 0.5) is 4.79 Å². The highest BCUT2D eigenvalue weighted by molar-refractivity contribution is 5.86. The lowest BCUT2D eigenvalue weighted by Gasteiger charge is -2.18. The molecule has 8 nitrogen and oxygen atoms in total. The van der Waals surface area contributed by atoms with Gasteiger partial charge in [-0.1, -0.05) is 50.5 Å². The van der Waals surface area contributed by atoms with E-state index in [2.05, 4.69) is 27.2 Å². The van der Waals surface area contributed by atoms with Gasteiger partial charge in [-0.25, -0.2) is 4.79 Å². The van der Waals surface area contributed by atoms with Crippen LogP contribution in [0.5, 0.6) is 0 Å². The molecule has 0 saturated carbocycles. The third-order valence-electron chi connectivity index (χ3n) is 3.43. The van der Waals surface area contributed by atoms with Crippen molar-refractivity contribution in [3.8, 4) is 0 Å². The third kappa shape index (κ3) is 13.9. The highest BCUT2D eigenvalue weighted by atomic mass is 16.5. The van der Waals surface area contributed by atoms with Crippen LogP contribution in [0.15, 0.2) is 30.0 Å². The topological polar surface area (TPSA) is 116 Å². The standard InChI is InChI=1S/C18H31N5O3/c1-4-13-26-18(25)22-16(14-15(2)3)17(24)20-11-9-7-5-6-8-10-12-21-23-19/h4,9,11,15-16H,1,5-8,10,12-14H2,2-3H3,(H,20,24)(H,22,25)/t16-/m0/s1. The fourth-order valence-corrected chi connectivity index (χ4v) is 2.19. The molecule has 0 spiro atoms. The molecule has 8 heteroatoms. The molecule has 0 saturated heterocycles. The Hall–Kier alpha value is -2.47. The van der Waals surface area contributed by atoms with Crippen molar-refractivity contribution in [3.63, 3.8) is 0 Å². The molecule has 0 aromatic rings. The van der Waals surface area contributed by atoms with E-state index in [9.17, 15) is 9.59 Å². The van der Waals surface area contributed by atoms with Crippen molar-refractivity contribution < 1.29 is 14.3 Å². The molecule has 0 aliphatic rings. The highest BCUT2D eigenvalue weighted by Crippen LogP contribution is 2.06. The van der Waals surface area contributed by atoms with Crippen LogP contribution in [0.3, 0.4) is 0 Å². The fourth-order valence-electron chi connectivity index (χ4n) is 2.19. The minimum Gasteiger partial charge on any atom is -0.445 e. The van der Waals surface area contributed by atoms with Crippen molar-refractivity contribution in [2.45, 2.75) is 58.4 Å². The van der Waals surface area contributed by atoms with Gasteiger partial charge in [0.2, 0.25) is 5.91 Å². The van der Waals surface area contributed by atoms with Gasteiger partial charge in [0.1, 0.15) is 12.6 Å². The summed E-state index contributed by atoms with van der Waals surface area (Å²) in [5.41, 5.74) is 8.17. The summed E-state index contributed by atoms with van der Waals surface area (Å²) in [6.07, 6.45) is 9.70. The van der Waals surface area contributed by atoms with Crippen LogP contribution >= 0.6 is 0 Å². The molecule has 0 rings (SSSR count). The normalized spacial score (nSPS) is 11.7. The first-order chi connectivity index (χ1) is 12.5. The monoisotopic (exact) mass is 365 g/mol. The number of alkyl carbamates (subject to hydrolysis) is 1. The lowest BCUT2D eigenvalue weighted by atomic mass is 10.0. The maximum atomic E-state index is 12.2. The molecule has 2 N–H and O–H groups in total. The van der Waals surface area contributed by atoms with Gasteiger partial charge >= 0.3 is 6.09 Å². The Labute approximate surface area is 155 Å². The van der Waals surface area contributed by atoms with Crippen LogP contribution in [0.25, 0.3) is 10.4 Å². The van der Waals surface area contributed by atoms with Gasteiger partial charge < -0.3 is 15.4 Å². The van der Waals surface area contributed by atoms with Crippen LogP contribution in [0.2, 0.25) is 0 Å². The zero-order valence-corrected chi connectivity index (χ0v) is 15.8. The maximum Gasteiger partial charge on any atom is 0.408 e. The number of hydrogen-bond acceptors (Lipinski definition) is 4. The van der Waals surface area contributed by atoms with Gasteiger partial charge in [0.05, 0.1) is 0 Å². The van der Waals surface area contributed by atoms with Gasteiger partial charge in [-0.15, -0.1) is 0 Å². The van der Waals surface area contributed by atoms with Crippen LogP contribution in [-0.4, -0.2) is 31.2 Å². The van der Waals surface area contributed by atoms with E-state index in [0.29, 0.717) is 13.0 Å². The smallest absolute Gasteiger partial charge is 0.408 e. The van der Waals surface area contributed by atoms with Crippen molar-refractivity contribution in [3.05, 3.63) is 35.4 Å². The molecule has 0 bridgehead atoms. The average Bonchev–Trinajstić information content (AvgIpc) is 2.60. The first kappa shape index (κ1) is 23.5. The van der Waals surface area contributed by atoms with E-state index in [1.807, 2.05) is 19.9 Å². The lowest BCUT2D eigenvalue weighted by Crippen LogP contribution is -2.46. The Balaban J connectivity index is 4.12. The number of carbonyl (C=O) groups is 2. The second-order valence-electron chi connectivity index (χ2n) is 6.28. The molecule has 0 aliphatic carbocycles. The minimum atomic E-state index is -0.641. The predicted molar refractivity (Wildman–Crippen MR) is 102 cm³/mol. The van der Waals surface area contributed by atoms with Gasteiger partial charge in [-0.2, -0.15) is 0 Å². The first-order valence-corrected chi connectivity index (χ1v) is 9.01. The molecule has 0 unspecified atom stereocenters. The van der Waals surface area contributed by atoms with Crippen molar-refractivity contribution in [1.82, 2.24) is 10.6 Å². The number of azide groups is 1. The molecule has 0 heterocycles. The molecular formula is C18H31N5O3. The second-order valence-corrected chi connectivity index (χ2v) is 6.28. The molecule has 0 radical (unpaired) electrons. The van der Waals surface area contributed by atoms with Crippen molar-refractivity contribution in [2.75, 3.05) is 13.2 Å². The number of carbonyl (C=O) groups excluding carboxylic acids is 2. The van der Waals surface area contributed by atoms with E-state index in [-0.39, 0.29) is 18.4 Å². The number of allylic oxidation sites excluding steroid dienone is 1. The number of hydrogen-bond donors (Lipinski definition) is 2. The van der Waals surface area contributed by atoms with Crippen LogP contribution in [0.1, 0.15) is 52.4 Å². The quantitative estimate of drug-likeness (QED) is 0.158. The molecule has 146 valence electrons. The summed E-state index contributed by atoms with van der Waals surface area (Å²) in [7, 11) is 0. The first-order valence-electron chi connectivity index (χ1n) is 9.01. The van der Waals surface area contributed by atoms with Crippen molar-refractivity contribution in [2.24, 2.45) is 11.0 Å². The molecule has 2 amide bonds. The molecule has 0 fully saturated rings. The highest BCUT2D eigenvalue weighted by Gasteiger charge is 2.21. The van der Waals surface area contributed by atoms with E-state index in [1.54, 1.807) is 6.20 Å². The Morgan fingerprint density at radius 1 is 1.27 bits per heavy atom. The summed E-state index contributed by atoms with van der Waals surface area (Å²) in [6, 6.07) is -0.641. The molecule has 0 aromatic carbocycles. The van der Waals surface area contributed by atoms with Crippen molar-refractivity contribution >= 4 is 12.0 Å². The largest absolute Gasteiger partial charge is 0.445 e. The number of unbranched alkanes of at least 4 members (excludes halogenated alkanes) is 4. The Morgan fingerprint density at radius 2 is 2.00 bits per heavy atom. The number of rotatable bonds is 14. The average molecular weight is 365 g/mol. The van der Waals surface area contributed by atoms with E-state index in [1.165, 1.54) is 6.08 Å². The summed E-state index contributed by atoms with van der Waals surface area (Å²) < 4.78 is 4.87. The van der Waals surface area contributed by atoms with Gasteiger partial charge in [0.25, 0.3) is 0 Å². The molecule has 26 heavy (non-hydrogen) atoms. The maximum absolute atomic E-state index is 12.2. The van der Waals surface area contributed by atoms with E-state index in [4.69, 9.17) is 10.3 Å². The van der Waals surface area contributed by atoms with E-state index < -0.39 is 12.1 Å². The summed E-state index contributed by atoms with van der Waals surface area (Å²) in [5, 5.41) is 8.77. The van der Waals surface area contributed by atoms with E-state index >= 15 is 0 Å². The molecule has 1 atom stereocenters. The Bertz CT molecular complexity index is 499. The van der Waals surface area contributed by atoms with Gasteiger partial charge in [-0.05, 0) is 43.3 Å².